The molecule has 2 heterocycles. The molecule has 108 valence electrons. The second-order valence-corrected chi connectivity index (χ2v) is 6.67. The minimum atomic E-state index is -0.347. The van der Waals surface area contributed by atoms with Crippen molar-refractivity contribution in [2.75, 3.05) is 25.0 Å². The summed E-state index contributed by atoms with van der Waals surface area (Å²) < 4.78 is 0. The van der Waals surface area contributed by atoms with Crippen LogP contribution in [0.15, 0.2) is 18.2 Å². The summed E-state index contributed by atoms with van der Waals surface area (Å²) in [6, 6.07) is 6.37. The number of halogens is 1. The van der Waals surface area contributed by atoms with E-state index in [-0.39, 0.29) is 11.3 Å². The molecule has 0 atom stereocenters. The molecule has 2 aliphatic heterocycles. The minimum absolute atomic E-state index is 0.234. The topological polar surface area (TPSA) is 23.6 Å². The first kappa shape index (κ1) is 13.9. The van der Waals surface area contributed by atoms with E-state index in [9.17, 15) is 4.79 Å². The molecule has 3 nitrogen and oxygen atoms in total. The number of hydrogen-bond donors (Lipinski definition) is 0. The highest BCUT2D eigenvalue weighted by Gasteiger charge is 2.51. The van der Waals surface area contributed by atoms with Crippen LogP contribution in [0, 0.1) is 0 Å². The van der Waals surface area contributed by atoms with Crippen molar-refractivity contribution in [2.24, 2.45) is 0 Å². The fourth-order valence-corrected chi connectivity index (χ4v) is 3.81. The lowest BCUT2D eigenvalue weighted by molar-refractivity contribution is -0.124. The van der Waals surface area contributed by atoms with Gasteiger partial charge in [0.05, 0.1) is 5.41 Å². The summed E-state index contributed by atoms with van der Waals surface area (Å²) in [4.78, 5) is 17.0. The Labute approximate surface area is 125 Å². The molecule has 20 heavy (non-hydrogen) atoms. The molecule has 0 unspecified atom stereocenters. The van der Waals surface area contributed by atoms with Crippen molar-refractivity contribution < 1.29 is 4.79 Å². The summed E-state index contributed by atoms with van der Waals surface area (Å²) in [6.45, 7) is 6.38. The predicted octanol–water partition coefficient (Wildman–Crippen LogP) is 3.06. The van der Waals surface area contributed by atoms with Gasteiger partial charge in [0.1, 0.15) is 0 Å². The normalized spacial score (nSPS) is 21.9. The molecule has 1 aromatic carbocycles. The van der Waals surface area contributed by atoms with Gasteiger partial charge in [0.25, 0.3) is 0 Å². The fourth-order valence-electron chi connectivity index (χ4n) is 3.64. The number of likely N-dealkylation sites (tertiary alicyclic amines) is 1. The Morgan fingerprint density at radius 1 is 1.25 bits per heavy atom. The van der Waals surface area contributed by atoms with Gasteiger partial charge >= 0.3 is 0 Å². The van der Waals surface area contributed by atoms with Gasteiger partial charge in [0.2, 0.25) is 5.91 Å². The number of amides is 1. The molecule has 1 spiro atoms. The number of likely N-dealkylation sites (N-methyl/N-ethyl adjacent to an activating group) is 1. The van der Waals surface area contributed by atoms with Crippen LogP contribution >= 0.6 is 11.6 Å². The van der Waals surface area contributed by atoms with Crippen LogP contribution in [0.5, 0.6) is 0 Å². The van der Waals surface area contributed by atoms with Crippen molar-refractivity contribution >= 4 is 23.2 Å². The third kappa shape index (κ3) is 1.87. The van der Waals surface area contributed by atoms with E-state index in [0.29, 0.717) is 6.04 Å². The quantitative estimate of drug-likeness (QED) is 0.794. The summed E-state index contributed by atoms with van der Waals surface area (Å²) in [5.74, 6) is 0.234. The highest BCUT2D eigenvalue weighted by Crippen LogP contribution is 2.48. The SMILES string of the molecule is CC(C)N1CCC2(CC1)C(=O)N(C)c1ccc(Cl)cc12. The number of fused-ring (bicyclic) bond motifs is 2. The number of rotatable bonds is 1. The molecule has 0 N–H and O–H groups in total. The first-order valence-electron chi connectivity index (χ1n) is 7.28. The second kappa shape index (κ2) is 4.74. The number of benzene rings is 1. The van der Waals surface area contributed by atoms with Gasteiger partial charge in [-0.2, -0.15) is 0 Å². The molecule has 0 aliphatic carbocycles. The van der Waals surface area contributed by atoms with Gasteiger partial charge in [-0.25, -0.2) is 0 Å². The maximum atomic E-state index is 12.8. The van der Waals surface area contributed by atoms with Crippen LogP contribution in [-0.2, 0) is 10.2 Å². The average molecular weight is 293 g/mol. The van der Waals surface area contributed by atoms with E-state index in [1.807, 2.05) is 25.2 Å². The molecule has 1 amide bonds. The monoisotopic (exact) mass is 292 g/mol. The number of anilines is 1. The highest BCUT2D eigenvalue weighted by molar-refractivity contribution is 6.31. The van der Waals surface area contributed by atoms with Gasteiger partial charge in [0, 0.05) is 23.8 Å². The fraction of sp³-hybridized carbons (Fsp3) is 0.562. The summed E-state index contributed by atoms with van der Waals surface area (Å²) in [5, 5.41) is 0.720. The van der Waals surface area contributed by atoms with Crippen molar-refractivity contribution in [2.45, 2.75) is 38.1 Å². The Hall–Kier alpha value is -1.06. The number of nitrogens with zero attached hydrogens (tertiary/aromatic N) is 2. The average Bonchev–Trinajstić information content (AvgIpc) is 2.62. The van der Waals surface area contributed by atoms with E-state index >= 15 is 0 Å². The lowest BCUT2D eigenvalue weighted by Crippen LogP contribution is -2.49. The predicted molar refractivity (Wildman–Crippen MR) is 82.5 cm³/mol. The van der Waals surface area contributed by atoms with Gasteiger partial charge in [-0.3, -0.25) is 4.79 Å². The molecule has 0 radical (unpaired) electrons. The first-order chi connectivity index (χ1) is 9.45. The lowest BCUT2D eigenvalue weighted by atomic mass is 9.73. The Bertz CT molecular complexity index is 547. The second-order valence-electron chi connectivity index (χ2n) is 6.24. The molecule has 2 aliphatic rings. The number of piperidine rings is 1. The zero-order valence-corrected chi connectivity index (χ0v) is 13.1. The van der Waals surface area contributed by atoms with Crippen molar-refractivity contribution in [3.8, 4) is 0 Å². The van der Waals surface area contributed by atoms with Gasteiger partial charge in [-0.15, -0.1) is 0 Å². The van der Waals surface area contributed by atoms with E-state index in [2.05, 4.69) is 18.7 Å². The summed E-state index contributed by atoms with van der Waals surface area (Å²) in [7, 11) is 1.87. The van der Waals surface area contributed by atoms with Crippen LogP contribution in [0.1, 0.15) is 32.3 Å². The molecule has 1 fully saturated rings. The zero-order valence-electron chi connectivity index (χ0n) is 12.3. The number of hydrogen-bond acceptors (Lipinski definition) is 2. The molecule has 0 bridgehead atoms. The standard InChI is InChI=1S/C16H21ClN2O/c1-11(2)19-8-6-16(7-9-19)13-10-12(17)4-5-14(13)18(3)15(16)20/h4-5,10-11H,6-9H2,1-3H3. The molecule has 0 aromatic heterocycles. The van der Waals surface area contributed by atoms with Gasteiger partial charge in [-0.1, -0.05) is 11.6 Å². The van der Waals surface area contributed by atoms with Crippen LogP contribution in [0.2, 0.25) is 5.02 Å². The van der Waals surface area contributed by atoms with Crippen molar-refractivity contribution in [1.82, 2.24) is 4.90 Å². The molecule has 0 saturated carbocycles. The van der Waals surface area contributed by atoms with Gasteiger partial charge in [-0.05, 0) is 63.5 Å². The van der Waals surface area contributed by atoms with Crippen LogP contribution < -0.4 is 4.90 Å². The first-order valence-corrected chi connectivity index (χ1v) is 7.66. The largest absolute Gasteiger partial charge is 0.314 e. The Morgan fingerprint density at radius 3 is 2.50 bits per heavy atom. The summed E-state index contributed by atoms with van der Waals surface area (Å²) in [5.41, 5.74) is 1.80. The summed E-state index contributed by atoms with van der Waals surface area (Å²) in [6.07, 6.45) is 1.78. The maximum Gasteiger partial charge on any atom is 0.237 e. The molecular weight excluding hydrogens is 272 g/mol. The molecule has 3 rings (SSSR count). The minimum Gasteiger partial charge on any atom is -0.314 e. The molecule has 4 heteroatoms. The van der Waals surface area contributed by atoms with Crippen molar-refractivity contribution in [3.63, 3.8) is 0 Å². The van der Waals surface area contributed by atoms with Crippen LogP contribution in [0.25, 0.3) is 0 Å². The van der Waals surface area contributed by atoms with Gasteiger partial charge < -0.3 is 9.80 Å². The number of carbonyl (C=O) groups is 1. The third-order valence-electron chi connectivity index (χ3n) is 4.93. The Kier molecular flexibility index (Phi) is 3.30. The molecule has 1 aromatic rings. The maximum absolute atomic E-state index is 12.8. The molecule has 1 saturated heterocycles. The molecular formula is C16H21ClN2O. The summed E-state index contributed by atoms with van der Waals surface area (Å²) >= 11 is 6.16. The smallest absolute Gasteiger partial charge is 0.237 e. The lowest BCUT2D eigenvalue weighted by Gasteiger charge is -2.40. The van der Waals surface area contributed by atoms with Crippen LogP contribution in [-0.4, -0.2) is 37.0 Å². The number of carbonyl (C=O) groups excluding carboxylic acids is 1. The van der Waals surface area contributed by atoms with Gasteiger partial charge in [0.15, 0.2) is 0 Å². The Morgan fingerprint density at radius 2 is 1.90 bits per heavy atom. The Balaban J connectivity index is 1.99. The van der Waals surface area contributed by atoms with Crippen molar-refractivity contribution in [3.05, 3.63) is 28.8 Å². The third-order valence-corrected chi connectivity index (χ3v) is 5.17. The van der Waals surface area contributed by atoms with E-state index in [1.165, 1.54) is 0 Å². The van der Waals surface area contributed by atoms with Crippen LogP contribution in [0.3, 0.4) is 0 Å². The van der Waals surface area contributed by atoms with Crippen molar-refractivity contribution in [1.29, 1.82) is 0 Å². The van der Waals surface area contributed by atoms with E-state index < -0.39 is 0 Å². The van der Waals surface area contributed by atoms with E-state index in [4.69, 9.17) is 11.6 Å². The van der Waals surface area contributed by atoms with E-state index in [1.54, 1.807) is 4.90 Å². The van der Waals surface area contributed by atoms with Crippen LogP contribution in [0.4, 0.5) is 5.69 Å². The zero-order chi connectivity index (χ0) is 14.5. The highest BCUT2D eigenvalue weighted by atomic mass is 35.5. The van der Waals surface area contributed by atoms with E-state index in [0.717, 1.165) is 42.2 Å².